The van der Waals surface area contributed by atoms with Gasteiger partial charge in [0, 0.05) is 26.1 Å². The summed E-state index contributed by atoms with van der Waals surface area (Å²) in [6.45, 7) is 8.49. The number of allylic oxidation sites excluding steroid dienone is 6. The smallest absolute Gasteiger partial charge is 0.274 e. The van der Waals surface area contributed by atoms with Crippen LogP contribution < -0.4 is 0 Å². The first-order chi connectivity index (χ1) is 15.0. The van der Waals surface area contributed by atoms with Crippen LogP contribution in [0.3, 0.4) is 0 Å². The van der Waals surface area contributed by atoms with Gasteiger partial charge in [-0.25, -0.2) is 4.39 Å². The monoisotopic (exact) mass is 426 g/mol. The number of hydrogen-bond donors (Lipinski definition) is 1. The maximum Gasteiger partial charge on any atom is 0.274 e. The standard InChI is InChI=1S/C22H21FN2O4.C2H6/c1-2-3-4-5-14-29-19-11-10-18(26)21(27)20-22(28)24(12-13-25(19)20)15-16-6-8-17(23)9-7-16;1-2/h2-9,11,14,27H,1,10,12-13,15H2;1-2H3/b4-3-,14-5+;. The molecule has 1 N–H and O–H groups in total. The van der Waals surface area contributed by atoms with Crippen molar-refractivity contribution in [2.45, 2.75) is 26.8 Å². The van der Waals surface area contributed by atoms with E-state index < -0.39 is 17.4 Å². The molecule has 0 spiro atoms. The number of ether oxygens (including phenoxy) is 1. The molecule has 0 saturated carbocycles. The molecule has 0 aliphatic carbocycles. The molecule has 1 aromatic carbocycles. The van der Waals surface area contributed by atoms with Gasteiger partial charge in [0.1, 0.15) is 5.82 Å². The van der Waals surface area contributed by atoms with E-state index >= 15 is 0 Å². The average Bonchev–Trinajstić information content (AvgIpc) is 2.90. The van der Waals surface area contributed by atoms with Gasteiger partial charge in [0.2, 0.25) is 5.78 Å². The summed E-state index contributed by atoms with van der Waals surface area (Å²) in [6, 6.07) is 5.84. The zero-order chi connectivity index (χ0) is 22.8. The van der Waals surface area contributed by atoms with Crippen molar-refractivity contribution in [1.29, 1.82) is 0 Å². The fourth-order valence-electron chi connectivity index (χ4n) is 3.04. The van der Waals surface area contributed by atoms with Crippen LogP contribution in [-0.2, 0) is 20.9 Å². The van der Waals surface area contributed by atoms with Crippen molar-refractivity contribution in [1.82, 2.24) is 9.80 Å². The minimum absolute atomic E-state index is 0.0806. The summed E-state index contributed by atoms with van der Waals surface area (Å²) in [5.74, 6) is -1.68. The summed E-state index contributed by atoms with van der Waals surface area (Å²) in [5.41, 5.74) is 0.638. The summed E-state index contributed by atoms with van der Waals surface area (Å²) in [5, 5.41) is 10.4. The van der Waals surface area contributed by atoms with Crippen LogP contribution in [-0.4, -0.2) is 39.7 Å². The molecule has 0 unspecified atom stereocenters. The van der Waals surface area contributed by atoms with E-state index in [4.69, 9.17) is 4.74 Å². The van der Waals surface area contributed by atoms with Gasteiger partial charge in [-0.2, -0.15) is 0 Å². The fraction of sp³-hybridized carbons (Fsp3) is 0.250. The Balaban J connectivity index is 0.00000166. The van der Waals surface area contributed by atoms with Crippen molar-refractivity contribution in [3.8, 4) is 0 Å². The Hall–Kier alpha value is -3.61. The Bertz CT molecular complexity index is 929. The molecule has 1 fully saturated rings. The zero-order valence-electron chi connectivity index (χ0n) is 17.8. The molecular formula is C24H27FN2O4. The van der Waals surface area contributed by atoms with Crippen molar-refractivity contribution in [3.63, 3.8) is 0 Å². The van der Waals surface area contributed by atoms with Crippen LogP contribution in [0.15, 0.2) is 84.8 Å². The van der Waals surface area contributed by atoms with Crippen molar-refractivity contribution in [2.75, 3.05) is 13.1 Å². The van der Waals surface area contributed by atoms with E-state index in [2.05, 4.69) is 6.58 Å². The molecule has 1 saturated heterocycles. The van der Waals surface area contributed by atoms with Gasteiger partial charge in [0.15, 0.2) is 17.3 Å². The van der Waals surface area contributed by atoms with Crippen LogP contribution in [0, 0.1) is 5.82 Å². The minimum Gasteiger partial charge on any atom is -0.503 e. The number of hydrogen-bond acceptors (Lipinski definition) is 5. The van der Waals surface area contributed by atoms with E-state index in [1.807, 2.05) is 13.8 Å². The Morgan fingerprint density at radius 3 is 2.52 bits per heavy atom. The van der Waals surface area contributed by atoms with Crippen molar-refractivity contribution in [3.05, 3.63) is 96.2 Å². The number of carbonyl (C=O) groups is 2. The Labute approximate surface area is 181 Å². The Morgan fingerprint density at radius 2 is 1.84 bits per heavy atom. The molecular weight excluding hydrogens is 399 g/mol. The molecule has 2 aliphatic heterocycles. The summed E-state index contributed by atoms with van der Waals surface area (Å²) in [7, 11) is 0. The second-order valence-electron chi connectivity index (χ2n) is 6.44. The number of aliphatic hydroxyl groups excluding tert-OH is 1. The van der Waals surface area contributed by atoms with Crippen LogP contribution in [0.1, 0.15) is 25.8 Å². The lowest BCUT2D eigenvalue weighted by atomic mass is 10.1. The fourth-order valence-corrected chi connectivity index (χ4v) is 3.04. The highest BCUT2D eigenvalue weighted by Crippen LogP contribution is 2.28. The minimum atomic E-state index is -0.579. The van der Waals surface area contributed by atoms with Gasteiger partial charge in [0.05, 0.1) is 6.26 Å². The zero-order valence-corrected chi connectivity index (χ0v) is 17.8. The van der Waals surface area contributed by atoms with E-state index in [0.717, 1.165) is 5.56 Å². The summed E-state index contributed by atoms with van der Waals surface area (Å²) < 4.78 is 18.7. The maximum absolute atomic E-state index is 13.1. The third-order valence-corrected chi connectivity index (χ3v) is 4.48. The maximum atomic E-state index is 13.1. The third-order valence-electron chi connectivity index (χ3n) is 4.48. The molecule has 0 bridgehead atoms. The number of halogens is 1. The average molecular weight is 426 g/mol. The summed E-state index contributed by atoms with van der Waals surface area (Å²) >= 11 is 0. The van der Waals surface area contributed by atoms with Gasteiger partial charge in [0.25, 0.3) is 5.91 Å². The quantitative estimate of drug-likeness (QED) is 0.541. The number of carbonyl (C=O) groups excluding carboxylic acids is 2. The predicted molar refractivity (Wildman–Crippen MR) is 117 cm³/mol. The van der Waals surface area contributed by atoms with Crippen molar-refractivity contribution in [2.24, 2.45) is 0 Å². The number of benzene rings is 1. The molecule has 2 heterocycles. The first kappa shape index (κ1) is 23.7. The molecule has 0 radical (unpaired) electrons. The van der Waals surface area contributed by atoms with Crippen molar-refractivity contribution >= 4 is 11.7 Å². The van der Waals surface area contributed by atoms with Gasteiger partial charge < -0.3 is 19.6 Å². The van der Waals surface area contributed by atoms with Crippen LogP contribution in [0.4, 0.5) is 4.39 Å². The number of Topliss-reactive ketones (excluding diaryl/α,β-unsaturated/α-hetero) is 1. The molecule has 3 rings (SSSR count). The molecule has 31 heavy (non-hydrogen) atoms. The summed E-state index contributed by atoms with van der Waals surface area (Å²) in [4.78, 5) is 28.2. The van der Waals surface area contributed by atoms with E-state index in [1.165, 1.54) is 34.3 Å². The largest absolute Gasteiger partial charge is 0.503 e. The number of fused-ring (bicyclic) bond motifs is 1. The Kier molecular flexibility index (Phi) is 8.81. The first-order valence-corrected chi connectivity index (χ1v) is 10.1. The highest BCUT2D eigenvalue weighted by Gasteiger charge is 2.37. The second-order valence-corrected chi connectivity index (χ2v) is 6.44. The summed E-state index contributed by atoms with van der Waals surface area (Å²) in [6.07, 6.45) is 9.58. The van der Waals surface area contributed by atoms with E-state index in [0.29, 0.717) is 19.0 Å². The molecule has 164 valence electrons. The predicted octanol–water partition coefficient (Wildman–Crippen LogP) is 4.35. The SMILES string of the molecule is C=C/C=C\C=C\OC1=CCC(=O)C(O)=C2C(=O)N(Cc3ccc(F)cc3)CCN12.CC. The molecule has 7 heteroatoms. The first-order valence-electron chi connectivity index (χ1n) is 10.1. The third kappa shape index (κ3) is 5.94. The second kappa shape index (κ2) is 11.5. The number of aliphatic hydroxyl groups is 1. The molecule has 0 atom stereocenters. The van der Waals surface area contributed by atoms with Gasteiger partial charge in [-0.1, -0.05) is 50.8 Å². The van der Waals surface area contributed by atoms with Gasteiger partial charge in [-0.05, 0) is 29.8 Å². The van der Waals surface area contributed by atoms with Crippen LogP contribution in [0.25, 0.3) is 0 Å². The Morgan fingerprint density at radius 1 is 1.13 bits per heavy atom. The van der Waals surface area contributed by atoms with E-state index in [9.17, 15) is 19.1 Å². The number of nitrogens with zero attached hydrogens (tertiary/aromatic N) is 2. The normalized spacial score (nSPS) is 16.7. The van der Waals surface area contributed by atoms with Crippen molar-refractivity contribution < 1.29 is 23.8 Å². The number of ketones is 1. The van der Waals surface area contributed by atoms with Crippen LogP contribution in [0.2, 0.25) is 0 Å². The van der Waals surface area contributed by atoms with E-state index in [1.54, 1.807) is 36.4 Å². The van der Waals surface area contributed by atoms with E-state index in [-0.39, 0.29) is 24.5 Å². The molecule has 6 nitrogen and oxygen atoms in total. The van der Waals surface area contributed by atoms with Gasteiger partial charge >= 0.3 is 0 Å². The number of amides is 1. The molecule has 1 aromatic rings. The highest BCUT2D eigenvalue weighted by atomic mass is 19.1. The van der Waals surface area contributed by atoms with Crippen LogP contribution >= 0.6 is 0 Å². The number of rotatable bonds is 6. The molecule has 0 aromatic heterocycles. The lowest BCUT2D eigenvalue weighted by Crippen LogP contribution is -2.48. The lowest BCUT2D eigenvalue weighted by Gasteiger charge is -2.37. The highest BCUT2D eigenvalue weighted by molar-refractivity contribution is 6.05. The van der Waals surface area contributed by atoms with Gasteiger partial charge in [-0.15, -0.1) is 0 Å². The number of piperazine rings is 1. The topological polar surface area (TPSA) is 70.1 Å². The molecule has 2 aliphatic rings. The van der Waals surface area contributed by atoms with Gasteiger partial charge in [-0.3, -0.25) is 9.59 Å². The molecule has 1 amide bonds. The van der Waals surface area contributed by atoms with Crippen LogP contribution in [0.5, 0.6) is 0 Å². The lowest BCUT2D eigenvalue weighted by molar-refractivity contribution is -0.133.